The van der Waals surface area contributed by atoms with Crippen LogP contribution < -0.4 is 5.73 Å². The molecule has 3 nitrogen and oxygen atoms in total. The molecule has 0 bridgehead atoms. The minimum absolute atomic E-state index is 0.0256. The Hall–Kier alpha value is -0.550. The summed E-state index contributed by atoms with van der Waals surface area (Å²) in [6.45, 7) is 2.92. The molecule has 0 aromatic heterocycles. The monoisotopic (exact) mass is 266 g/mol. The maximum atomic E-state index is 8.06. The molecule has 18 heavy (non-hydrogen) atoms. The number of nitrogens with zero attached hydrogens (tertiary/aromatic N) is 2. The molecular weight excluding hydrogens is 242 g/mol. The highest BCUT2D eigenvalue weighted by Gasteiger charge is 2.08. The van der Waals surface area contributed by atoms with Gasteiger partial charge in [-0.1, -0.05) is 18.2 Å². The second kappa shape index (κ2) is 8.53. The highest BCUT2D eigenvalue weighted by molar-refractivity contribution is 7.99. The SMILES string of the molecule is CN(C)CCN(C)C[C@@H]([NH])CSc1ccccc1. The first-order valence-electron chi connectivity index (χ1n) is 6.30. The van der Waals surface area contributed by atoms with E-state index in [9.17, 15) is 0 Å². The first-order valence-corrected chi connectivity index (χ1v) is 7.28. The molecule has 0 aliphatic carbocycles. The molecule has 0 unspecified atom stereocenters. The van der Waals surface area contributed by atoms with Crippen LogP contribution in [-0.4, -0.2) is 62.4 Å². The maximum Gasteiger partial charge on any atom is 0.0434 e. The van der Waals surface area contributed by atoms with E-state index < -0.39 is 0 Å². The van der Waals surface area contributed by atoms with Gasteiger partial charge in [0.1, 0.15) is 0 Å². The average molecular weight is 266 g/mol. The van der Waals surface area contributed by atoms with Gasteiger partial charge in [-0.2, -0.15) is 0 Å². The summed E-state index contributed by atoms with van der Waals surface area (Å²) in [5, 5.41) is 0. The molecule has 101 valence electrons. The Morgan fingerprint density at radius 3 is 2.39 bits per heavy atom. The number of hydrogen-bond donors (Lipinski definition) is 0. The third-order valence-electron chi connectivity index (χ3n) is 2.66. The molecule has 1 N–H and O–H groups in total. The van der Waals surface area contributed by atoms with Crippen molar-refractivity contribution in [2.24, 2.45) is 0 Å². The molecule has 0 fully saturated rings. The van der Waals surface area contributed by atoms with Gasteiger partial charge in [0.15, 0.2) is 0 Å². The normalized spacial score (nSPS) is 13.2. The molecule has 0 aliphatic heterocycles. The van der Waals surface area contributed by atoms with Gasteiger partial charge in [-0.3, -0.25) is 5.73 Å². The molecule has 1 radical (unpaired) electrons. The van der Waals surface area contributed by atoms with Crippen molar-refractivity contribution in [3.63, 3.8) is 0 Å². The largest absolute Gasteiger partial charge is 0.308 e. The summed E-state index contributed by atoms with van der Waals surface area (Å²) >= 11 is 1.77. The van der Waals surface area contributed by atoms with Crippen molar-refractivity contribution >= 4 is 11.8 Å². The smallest absolute Gasteiger partial charge is 0.0434 e. The van der Waals surface area contributed by atoms with Gasteiger partial charge in [-0.15, -0.1) is 11.8 Å². The molecule has 0 saturated heterocycles. The van der Waals surface area contributed by atoms with Crippen LogP contribution in [0, 0.1) is 0 Å². The van der Waals surface area contributed by atoms with Crippen LogP contribution in [-0.2, 0) is 0 Å². The zero-order valence-corrected chi connectivity index (χ0v) is 12.4. The Morgan fingerprint density at radius 2 is 1.78 bits per heavy atom. The average Bonchev–Trinajstić information content (AvgIpc) is 2.35. The molecule has 0 heterocycles. The first kappa shape index (κ1) is 15.5. The minimum Gasteiger partial charge on any atom is -0.308 e. The number of hydrogen-bond acceptors (Lipinski definition) is 3. The van der Waals surface area contributed by atoms with E-state index in [0.29, 0.717) is 0 Å². The van der Waals surface area contributed by atoms with Crippen LogP contribution in [0.3, 0.4) is 0 Å². The van der Waals surface area contributed by atoms with E-state index in [-0.39, 0.29) is 6.04 Å². The zero-order valence-electron chi connectivity index (χ0n) is 11.6. The van der Waals surface area contributed by atoms with Crippen molar-refractivity contribution in [3.8, 4) is 0 Å². The van der Waals surface area contributed by atoms with E-state index in [0.717, 1.165) is 25.4 Å². The van der Waals surface area contributed by atoms with Crippen LogP contribution in [0.25, 0.3) is 0 Å². The molecule has 0 spiro atoms. The second-order valence-electron chi connectivity index (χ2n) is 4.89. The molecule has 0 amide bonds. The van der Waals surface area contributed by atoms with Crippen molar-refractivity contribution < 1.29 is 0 Å². The highest BCUT2D eigenvalue weighted by atomic mass is 32.2. The summed E-state index contributed by atoms with van der Waals surface area (Å²) in [7, 11) is 6.26. The van der Waals surface area contributed by atoms with Crippen LogP contribution in [0.2, 0.25) is 0 Å². The predicted molar refractivity (Wildman–Crippen MR) is 80.1 cm³/mol. The third kappa shape index (κ3) is 7.01. The quantitative estimate of drug-likeness (QED) is 0.674. The summed E-state index contributed by atoms with van der Waals surface area (Å²) in [5.74, 6) is 0.857. The van der Waals surface area contributed by atoms with Gasteiger partial charge in [-0.25, -0.2) is 0 Å². The van der Waals surface area contributed by atoms with E-state index in [1.807, 2.05) is 18.2 Å². The Labute approximate surface area is 115 Å². The van der Waals surface area contributed by atoms with E-state index >= 15 is 0 Å². The van der Waals surface area contributed by atoms with Crippen LogP contribution in [0.15, 0.2) is 35.2 Å². The first-order chi connectivity index (χ1) is 8.58. The van der Waals surface area contributed by atoms with Crippen LogP contribution >= 0.6 is 11.8 Å². The molecule has 1 atom stereocenters. The van der Waals surface area contributed by atoms with Crippen LogP contribution in [0.4, 0.5) is 0 Å². The number of nitrogens with one attached hydrogen (secondary N) is 1. The lowest BCUT2D eigenvalue weighted by molar-refractivity contribution is 0.272. The van der Waals surface area contributed by atoms with E-state index in [4.69, 9.17) is 5.73 Å². The molecule has 0 saturated carbocycles. The van der Waals surface area contributed by atoms with E-state index in [1.54, 1.807) is 11.8 Å². The summed E-state index contributed by atoms with van der Waals surface area (Å²) in [6.07, 6.45) is 0. The molecule has 1 aromatic carbocycles. The van der Waals surface area contributed by atoms with Crippen molar-refractivity contribution in [3.05, 3.63) is 30.3 Å². The van der Waals surface area contributed by atoms with Gasteiger partial charge in [0.2, 0.25) is 0 Å². The Bertz CT molecular complexity index is 316. The fourth-order valence-corrected chi connectivity index (χ4v) is 2.45. The van der Waals surface area contributed by atoms with Crippen molar-refractivity contribution in [1.29, 1.82) is 0 Å². The molecule has 0 aliphatic rings. The summed E-state index contributed by atoms with van der Waals surface area (Å²) in [4.78, 5) is 5.67. The van der Waals surface area contributed by atoms with Gasteiger partial charge in [0.05, 0.1) is 0 Å². The molecule has 4 heteroatoms. The Morgan fingerprint density at radius 1 is 1.11 bits per heavy atom. The van der Waals surface area contributed by atoms with E-state index in [1.165, 1.54) is 4.90 Å². The van der Waals surface area contributed by atoms with Crippen molar-refractivity contribution in [2.45, 2.75) is 10.9 Å². The standard InChI is InChI=1S/C14H24N3S/c1-16(2)9-10-17(3)11-13(15)12-18-14-7-5-4-6-8-14/h4-8,13,15H,9-12H2,1-3H3/t13-/m1/s1. The summed E-state index contributed by atoms with van der Waals surface area (Å²) < 4.78 is 0. The lowest BCUT2D eigenvalue weighted by Gasteiger charge is -2.22. The van der Waals surface area contributed by atoms with Crippen LogP contribution in [0.1, 0.15) is 0 Å². The Balaban J connectivity index is 2.19. The molecule has 1 aromatic rings. The van der Waals surface area contributed by atoms with Crippen LogP contribution in [0.5, 0.6) is 0 Å². The Kier molecular flexibility index (Phi) is 7.35. The number of benzene rings is 1. The lowest BCUT2D eigenvalue weighted by Crippen LogP contribution is -2.36. The van der Waals surface area contributed by atoms with Gasteiger partial charge in [0, 0.05) is 36.3 Å². The van der Waals surface area contributed by atoms with E-state index in [2.05, 4.69) is 43.1 Å². The van der Waals surface area contributed by atoms with Gasteiger partial charge in [-0.05, 0) is 33.3 Å². The van der Waals surface area contributed by atoms with Gasteiger partial charge < -0.3 is 9.80 Å². The predicted octanol–water partition coefficient (Wildman–Crippen LogP) is 1.92. The fourth-order valence-electron chi connectivity index (χ4n) is 1.60. The minimum atomic E-state index is -0.0256. The van der Waals surface area contributed by atoms with Gasteiger partial charge >= 0.3 is 0 Å². The fraction of sp³-hybridized carbons (Fsp3) is 0.571. The molecular formula is C14H24N3S. The number of thioether (sulfide) groups is 1. The lowest BCUT2D eigenvalue weighted by atomic mass is 10.3. The third-order valence-corrected chi connectivity index (χ3v) is 3.83. The molecule has 1 rings (SSSR count). The zero-order chi connectivity index (χ0) is 13.4. The topological polar surface area (TPSA) is 30.3 Å². The van der Waals surface area contributed by atoms with Gasteiger partial charge in [0.25, 0.3) is 0 Å². The summed E-state index contributed by atoms with van der Waals surface area (Å²) in [5.41, 5.74) is 8.06. The number of rotatable bonds is 8. The van der Waals surface area contributed by atoms with Crippen molar-refractivity contribution in [2.75, 3.05) is 46.5 Å². The number of likely N-dealkylation sites (N-methyl/N-ethyl adjacent to an activating group) is 2. The second-order valence-corrected chi connectivity index (χ2v) is 5.98. The maximum absolute atomic E-state index is 8.06. The highest BCUT2D eigenvalue weighted by Crippen LogP contribution is 2.17. The van der Waals surface area contributed by atoms with Crippen molar-refractivity contribution in [1.82, 2.24) is 15.5 Å². The summed E-state index contributed by atoms with van der Waals surface area (Å²) in [6, 6.07) is 10.3.